The van der Waals surface area contributed by atoms with Gasteiger partial charge in [-0.25, -0.2) is 4.98 Å². The number of rotatable bonds is 2. The van der Waals surface area contributed by atoms with E-state index >= 15 is 0 Å². The van der Waals surface area contributed by atoms with Crippen LogP contribution in [0.3, 0.4) is 0 Å². The van der Waals surface area contributed by atoms with Crippen LogP contribution < -0.4 is 0 Å². The molecule has 0 unspecified atom stereocenters. The summed E-state index contributed by atoms with van der Waals surface area (Å²) in [5.41, 5.74) is 1.50. The van der Waals surface area contributed by atoms with Crippen LogP contribution >= 0.6 is 11.6 Å². The van der Waals surface area contributed by atoms with E-state index < -0.39 is 11.4 Å². The van der Waals surface area contributed by atoms with Crippen molar-refractivity contribution in [3.63, 3.8) is 0 Å². The summed E-state index contributed by atoms with van der Waals surface area (Å²) >= 11 is 5.96. The molecule has 0 spiro atoms. The van der Waals surface area contributed by atoms with Gasteiger partial charge in [0.2, 0.25) is 0 Å². The molecule has 0 aliphatic heterocycles. The second kappa shape index (κ2) is 4.25. The first-order chi connectivity index (χ1) is 8.32. The fraction of sp³-hybridized carbons (Fsp3) is 0.286. The van der Waals surface area contributed by atoms with E-state index in [0.717, 1.165) is 22.0 Å². The number of halogens is 1. The molecule has 94 valence electrons. The molecule has 1 N–H and O–H groups in total. The summed E-state index contributed by atoms with van der Waals surface area (Å²) in [6.07, 6.45) is 0. The number of hydrogen-bond donors (Lipinski definition) is 1. The van der Waals surface area contributed by atoms with Gasteiger partial charge < -0.3 is 5.11 Å². The molecule has 1 aromatic heterocycles. The lowest BCUT2D eigenvalue weighted by Crippen LogP contribution is -2.28. The Kier molecular flexibility index (Phi) is 3.03. The van der Waals surface area contributed by atoms with Crippen LogP contribution in [-0.4, -0.2) is 16.1 Å². The number of aliphatic carboxylic acids is 1. The zero-order valence-corrected chi connectivity index (χ0v) is 11.2. The van der Waals surface area contributed by atoms with Gasteiger partial charge >= 0.3 is 5.97 Å². The summed E-state index contributed by atoms with van der Waals surface area (Å²) in [6.45, 7) is 5.25. The third-order valence-electron chi connectivity index (χ3n) is 3.20. The van der Waals surface area contributed by atoms with Gasteiger partial charge in [0.05, 0.1) is 10.9 Å². The zero-order chi connectivity index (χ0) is 13.5. The van der Waals surface area contributed by atoms with Gasteiger partial charge in [0.15, 0.2) is 0 Å². The van der Waals surface area contributed by atoms with Crippen molar-refractivity contribution in [3.05, 3.63) is 40.5 Å². The Morgan fingerprint density at radius 1 is 1.33 bits per heavy atom. The first-order valence-electron chi connectivity index (χ1n) is 5.63. The number of carbonyl (C=O) groups is 1. The molecule has 0 atom stereocenters. The molecule has 0 radical (unpaired) electrons. The smallest absolute Gasteiger partial charge is 0.313 e. The number of nitrogens with zero attached hydrogens (tertiary/aromatic N) is 1. The molecular formula is C14H14ClNO2. The fourth-order valence-electron chi connectivity index (χ4n) is 1.77. The largest absolute Gasteiger partial charge is 0.481 e. The van der Waals surface area contributed by atoms with Gasteiger partial charge in [-0.15, -0.1) is 0 Å². The van der Waals surface area contributed by atoms with Crippen LogP contribution in [0.2, 0.25) is 5.15 Å². The second-order valence-corrected chi connectivity index (χ2v) is 5.29. The first-order valence-corrected chi connectivity index (χ1v) is 6.01. The van der Waals surface area contributed by atoms with Crippen LogP contribution in [0.4, 0.5) is 0 Å². The molecule has 0 saturated heterocycles. The summed E-state index contributed by atoms with van der Waals surface area (Å²) < 4.78 is 0. The minimum atomic E-state index is -0.915. The van der Waals surface area contributed by atoms with E-state index in [2.05, 4.69) is 4.98 Å². The van der Waals surface area contributed by atoms with Crippen molar-refractivity contribution in [2.24, 2.45) is 0 Å². The molecule has 18 heavy (non-hydrogen) atoms. The number of pyridine rings is 1. The second-order valence-electron chi connectivity index (χ2n) is 4.93. The van der Waals surface area contributed by atoms with Crippen LogP contribution in [0.1, 0.15) is 25.0 Å². The van der Waals surface area contributed by atoms with Gasteiger partial charge in [-0.3, -0.25) is 4.79 Å². The summed E-state index contributed by atoms with van der Waals surface area (Å²) in [5, 5.41) is 10.6. The Balaban J connectivity index is 2.64. The number of benzene rings is 1. The van der Waals surface area contributed by atoms with Crippen molar-refractivity contribution in [1.82, 2.24) is 4.98 Å². The topological polar surface area (TPSA) is 50.2 Å². The molecule has 0 bridgehead atoms. The lowest BCUT2D eigenvalue weighted by atomic mass is 9.84. The number of carboxylic acid groups (broad SMARTS) is 1. The minimum Gasteiger partial charge on any atom is -0.481 e. The third kappa shape index (κ3) is 2.06. The molecular weight excluding hydrogens is 250 g/mol. The number of carboxylic acids is 1. The number of fused-ring (bicyclic) bond motifs is 1. The number of aromatic nitrogens is 1. The van der Waals surface area contributed by atoms with E-state index in [0.29, 0.717) is 5.15 Å². The van der Waals surface area contributed by atoms with Crippen molar-refractivity contribution in [2.45, 2.75) is 26.2 Å². The van der Waals surface area contributed by atoms with Crippen molar-refractivity contribution in [2.75, 3.05) is 0 Å². The molecule has 0 fully saturated rings. The predicted molar refractivity (Wildman–Crippen MR) is 72.2 cm³/mol. The van der Waals surface area contributed by atoms with Crippen LogP contribution in [0, 0.1) is 6.92 Å². The fourth-order valence-corrected chi connectivity index (χ4v) is 1.92. The molecule has 2 aromatic rings. The Bertz CT molecular complexity index is 635. The quantitative estimate of drug-likeness (QED) is 0.843. The molecule has 0 saturated carbocycles. The maximum Gasteiger partial charge on any atom is 0.313 e. The lowest BCUT2D eigenvalue weighted by Gasteiger charge is -2.20. The highest BCUT2D eigenvalue weighted by molar-refractivity contribution is 6.30. The highest BCUT2D eigenvalue weighted by atomic mass is 35.5. The standard InChI is InChI=1S/C14H14ClNO2/c1-8-6-9-7-10(14(2,3)13(17)18)4-5-11(9)16-12(8)15/h4-7H,1-3H3,(H,17,18). The van der Waals surface area contributed by atoms with Crippen LogP contribution in [0.15, 0.2) is 24.3 Å². The van der Waals surface area contributed by atoms with Gasteiger partial charge in [0.1, 0.15) is 5.15 Å². The monoisotopic (exact) mass is 263 g/mol. The van der Waals surface area contributed by atoms with E-state index in [4.69, 9.17) is 11.6 Å². The Hall–Kier alpha value is -1.61. The molecule has 4 heteroatoms. The molecule has 1 aromatic carbocycles. The lowest BCUT2D eigenvalue weighted by molar-refractivity contribution is -0.142. The van der Waals surface area contributed by atoms with Gasteiger partial charge in [0.25, 0.3) is 0 Å². The number of hydrogen-bond acceptors (Lipinski definition) is 2. The van der Waals surface area contributed by atoms with Crippen LogP contribution in [0.5, 0.6) is 0 Å². The first kappa shape index (κ1) is 12.8. The average molecular weight is 264 g/mol. The maximum atomic E-state index is 11.2. The maximum absolute atomic E-state index is 11.2. The van der Waals surface area contributed by atoms with E-state index in [1.165, 1.54) is 0 Å². The van der Waals surface area contributed by atoms with E-state index in [1.54, 1.807) is 26.0 Å². The molecule has 0 aliphatic rings. The van der Waals surface area contributed by atoms with Crippen molar-refractivity contribution in [3.8, 4) is 0 Å². The van der Waals surface area contributed by atoms with Crippen molar-refractivity contribution < 1.29 is 9.90 Å². The Morgan fingerprint density at radius 2 is 2.00 bits per heavy atom. The minimum absolute atomic E-state index is 0.479. The van der Waals surface area contributed by atoms with Gasteiger partial charge in [-0.2, -0.15) is 0 Å². The molecule has 3 nitrogen and oxygen atoms in total. The van der Waals surface area contributed by atoms with Gasteiger partial charge in [-0.1, -0.05) is 17.7 Å². The van der Waals surface area contributed by atoms with Crippen LogP contribution in [-0.2, 0) is 10.2 Å². The Labute approximate surface area is 110 Å². The highest BCUT2D eigenvalue weighted by Crippen LogP contribution is 2.28. The normalized spacial score (nSPS) is 11.8. The summed E-state index contributed by atoms with van der Waals surface area (Å²) in [5.74, 6) is -0.847. The highest BCUT2D eigenvalue weighted by Gasteiger charge is 2.29. The predicted octanol–water partition coefficient (Wildman–Crippen LogP) is 3.56. The average Bonchev–Trinajstić information content (AvgIpc) is 2.29. The van der Waals surface area contributed by atoms with Gasteiger partial charge in [0, 0.05) is 5.39 Å². The third-order valence-corrected chi connectivity index (χ3v) is 3.58. The summed E-state index contributed by atoms with van der Waals surface area (Å²) in [7, 11) is 0. The zero-order valence-electron chi connectivity index (χ0n) is 10.5. The summed E-state index contributed by atoms with van der Waals surface area (Å²) in [6, 6.07) is 7.38. The van der Waals surface area contributed by atoms with E-state index in [-0.39, 0.29) is 0 Å². The van der Waals surface area contributed by atoms with Crippen LogP contribution in [0.25, 0.3) is 10.9 Å². The van der Waals surface area contributed by atoms with Crippen molar-refractivity contribution >= 4 is 28.5 Å². The SMILES string of the molecule is Cc1cc2cc(C(C)(C)C(=O)O)ccc2nc1Cl. The van der Waals surface area contributed by atoms with Gasteiger partial charge in [-0.05, 0) is 50.1 Å². The number of aryl methyl sites for hydroxylation is 1. The van der Waals surface area contributed by atoms with Crippen molar-refractivity contribution in [1.29, 1.82) is 0 Å². The summed E-state index contributed by atoms with van der Waals surface area (Å²) in [4.78, 5) is 15.5. The Morgan fingerprint density at radius 3 is 2.61 bits per heavy atom. The van der Waals surface area contributed by atoms with E-state index in [1.807, 2.05) is 19.1 Å². The molecule has 2 rings (SSSR count). The van der Waals surface area contributed by atoms with E-state index in [9.17, 15) is 9.90 Å². The molecule has 1 heterocycles. The molecule has 0 aliphatic carbocycles. The molecule has 0 amide bonds.